The number of hydrogen-bond donors (Lipinski definition) is 2. The van der Waals surface area contributed by atoms with Gasteiger partial charge in [0.2, 0.25) is 5.91 Å². The molecule has 0 unspecified atom stereocenters. The predicted octanol–water partition coefficient (Wildman–Crippen LogP) is 2.89. The average Bonchev–Trinajstić information content (AvgIpc) is 3.52. The molecule has 3 aromatic rings. The Labute approximate surface area is 191 Å². The number of rotatable bonds is 7. The van der Waals surface area contributed by atoms with Crippen LogP contribution in [0.4, 0.5) is 0 Å². The molecule has 2 fully saturated rings. The van der Waals surface area contributed by atoms with Crippen LogP contribution in [0.5, 0.6) is 0 Å². The molecule has 7 nitrogen and oxygen atoms in total. The number of aromatic amines is 1. The summed E-state index contributed by atoms with van der Waals surface area (Å²) in [5.74, 6) is 0.830. The van der Waals surface area contributed by atoms with Gasteiger partial charge in [0.05, 0.1) is 17.6 Å². The first kappa shape index (κ1) is 21.0. The normalized spacial score (nSPS) is 16.9. The molecular formula is C24H27N5O2S. The van der Waals surface area contributed by atoms with E-state index in [0.717, 1.165) is 53.2 Å². The molecule has 166 valence electrons. The van der Waals surface area contributed by atoms with Gasteiger partial charge >= 0.3 is 0 Å². The lowest BCUT2D eigenvalue weighted by molar-refractivity contribution is -0.122. The molecule has 0 atom stereocenters. The topological polar surface area (TPSA) is 81.3 Å². The summed E-state index contributed by atoms with van der Waals surface area (Å²) < 4.78 is 0. The summed E-state index contributed by atoms with van der Waals surface area (Å²) in [5, 5.41) is 3.89. The molecule has 2 heterocycles. The number of carbonyl (C=O) groups is 2. The number of amides is 2. The van der Waals surface area contributed by atoms with Gasteiger partial charge in [-0.05, 0) is 36.6 Å². The van der Waals surface area contributed by atoms with E-state index in [4.69, 9.17) is 0 Å². The minimum Gasteiger partial charge on any atom is -0.352 e. The van der Waals surface area contributed by atoms with E-state index in [1.54, 1.807) is 11.8 Å². The van der Waals surface area contributed by atoms with Crippen LogP contribution in [0.25, 0.3) is 11.0 Å². The van der Waals surface area contributed by atoms with Gasteiger partial charge in [0.15, 0.2) is 5.16 Å². The number of nitrogens with zero attached hydrogens (tertiary/aromatic N) is 3. The highest BCUT2D eigenvalue weighted by molar-refractivity contribution is 7.98. The van der Waals surface area contributed by atoms with E-state index in [0.29, 0.717) is 31.4 Å². The zero-order chi connectivity index (χ0) is 21.9. The maximum absolute atomic E-state index is 13.3. The van der Waals surface area contributed by atoms with Crippen LogP contribution in [0.3, 0.4) is 0 Å². The lowest BCUT2D eigenvalue weighted by Crippen LogP contribution is -2.51. The molecule has 0 bridgehead atoms. The summed E-state index contributed by atoms with van der Waals surface area (Å²) in [6, 6.07) is 16.2. The number of hydrogen-bond acceptors (Lipinski definition) is 5. The lowest BCUT2D eigenvalue weighted by atomic mass is 10.1. The first-order valence-corrected chi connectivity index (χ1v) is 12.1. The fourth-order valence-electron chi connectivity index (χ4n) is 3.98. The minimum absolute atomic E-state index is 0.0629. The van der Waals surface area contributed by atoms with Crippen LogP contribution >= 0.6 is 11.8 Å². The molecule has 1 aromatic heterocycles. The van der Waals surface area contributed by atoms with Crippen molar-refractivity contribution >= 4 is 34.6 Å². The van der Waals surface area contributed by atoms with Crippen molar-refractivity contribution in [2.45, 2.75) is 29.8 Å². The lowest BCUT2D eigenvalue weighted by Gasteiger charge is -2.34. The molecule has 2 aromatic carbocycles. The van der Waals surface area contributed by atoms with Crippen molar-refractivity contribution in [1.29, 1.82) is 0 Å². The second-order valence-electron chi connectivity index (χ2n) is 8.42. The Morgan fingerprint density at radius 1 is 1.03 bits per heavy atom. The van der Waals surface area contributed by atoms with Gasteiger partial charge in [-0.2, -0.15) is 0 Å². The SMILES string of the molecule is O=C(CN1CCN(C(=O)c2ccccc2CSc2nc3ccccc3[nH]2)CC1)NC1CC1. The fourth-order valence-corrected chi connectivity index (χ4v) is 4.87. The number of piperazine rings is 1. The first-order chi connectivity index (χ1) is 15.7. The summed E-state index contributed by atoms with van der Waals surface area (Å²) in [6.07, 6.45) is 2.20. The number of para-hydroxylation sites is 2. The van der Waals surface area contributed by atoms with E-state index < -0.39 is 0 Å². The van der Waals surface area contributed by atoms with E-state index >= 15 is 0 Å². The highest BCUT2D eigenvalue weighted by Crippen LogP contribution is 2.25. The van der Waals surface area contributed by atoms with Crippen molar-refractivity contribution in [3.63, 3.8) is 0 Å². The quantitative estimate of drug-likeness (QED) is 0.542. The Morgan fingerprint density at radius 3 is 2.56 bits per heavy atom. The van der Waals surface area contributed by atoms with Gasteiger partial charge in [-0.15, -0.1) is 0 Å². The molecule has 8 heteroatoms. The van der Waals surface area contributed by atoms with Crippen LogP contribution in [0.1, 0.15) is 28.8 Å². The highest BCUT2D eigenvalue weighted by atomic mass is 32.2. The molecule has 2 aliphatic rings. The molecular weight excluding hydrogens is 422 g/mol. The van der Waals surface area contributed by atoms with Crippen molar-refractivity contribution in [1.82, 2.24) is 25.1 Å². The Morgan fingerprint density at radius 2 is 1.78 bits per heavy atom. The van der Waals surface area contributed by atoms with Crippen LogP contribution in [-0.2, 0) is 10.5 Å². The summed E-state index contributed by atoms with van der Waals surface area (Å²) in [4.78, 5) is 37.3. The van der Waals surface area contributed by atoms with Crippen molar-refractivity contribution in [2.24, 2.45) is 0 Å². The first-order valence-electron chi connectivity index (χ1n) is 11.1. The van der Waals surface area contributed by atoms with E-state index in [1.807, 2.05) is 53.4 Å². The zero-order valence-electron chi connectivity index (χ0n) is 17.9. The zero-order valence-corrected chi connectivity index (χ0v) is 18.7. The number of carbonyl (C=O) groups excluding carboxylic acids is 2. The number of aromatic nitrogens is 2. The highest BCUT2D eigenvalue weighted by Gasteiger charge is 2.27. The minimum atomic E-state index is 0.0629. The Hall–Kier alpha value is -2.84. The van der Waals surface area contributed by atoms with E-state index in [9.17, 15) is 9.59 Å². The van der Waals surface area contributed by atoms with E-state index in [2.05, 4.69) is 20.2 Å². The Kier molecular flexibility index (Phi) is 6.14. The van der Waals surface area contributed by atoms with Crippen LogP contribution in [-0.4, -0.2) is 70.3 Å². The summed E-state index contributed by atoms with van der Waals surface area (Å²) in [7, 11) is 0. The second kappa shape index (κ2) is 9.34. The van der Waals surface area contributed by atoms with Gasteiger partial charge in [-0.25, -0.2) is 4.98 Å². The van der Waals surface area contributed by atoms with Gasteiger partial charge in [0, 0.05) is 43.5 Å². The van der Waals surface area contributed by atoms with Crippen LogP contribution < -0.4 is 5.32 Å². The van der Waals surface area contributed by atoms with Gasteiger partial charge in [0.25, 0.3) is 5.91 Å². The molecule has 1 saturated heterocycles. The number of imidazole rings is 1. The number of thioether (sulfide) groups is 1. The van der Waals surface area contributed by atoms with Crippen molar-refractivity contribution < 1.29 is 9.59 Å². The van der Waals surface area contributed by atoms with Gasteiger partial charge in [-0.3, -0.25) is 14.5 Å². The molecule has 2 amide bonds. The molecule has 0 radical (unpaired) electrons. The number of nitrogens with one attached hydrogen (secondary N) is 2. The molecule has 1 aliphatic carbocycles. The third kappa shape index (κ3) is 4.97. The van der Waals surface area contributed by atoms with E-state index in [-0.39, 0.29) is 11.8 Å². The molecule has 5 rings (SSSR count). The molecule has 1 saturated carbocycles. The fraction of sp³-hybridized carbons (Fsp3) is 0.375. The molecule has 2 N–H and O–H groups in total. The smallest absolute Gasteiger partial charge is 0.254 e. The largest absolute Gasteiger partial charge is 0.352 e. The maximum atomic E-state index is 13.3. The summed E-state index contributed by atoms with van der Waals surface area (Å²) in [6.45, 7) is 3.14. The maximum Gasteiger partial charge on any atom is 0.254 e. The third-order valence-corrected chi connectivity index (χ3v) is 6.87. The monoisotopic (exact) mass is 449 g/mol. The van der Waals surface area contributed by atoms with Crippen LogP contribution in [0.15, 0.2) is 53.7 Å². The number of benzene rings is 2. The second-order valence-corrected chi connectivity index (χ2v) is 9.38. The number of fused-ring (bicyclic) bond motifs is 1. The summed E-state index contributed by atoms with van der Waals surface area (Å²) >= 11 is 1.60. The third-order valence-electron chi connectivity index (χ3n) is 5.95. The summed E-state index contributed by atoms with van der Waals surface area (Å²) in [5.41, 5.74) is 3.72. The van der Waals surface area contributed by atoms with Gasteiger partial charge < -0.3 is 15.2 Å². The van der Waals surface area contributed by atoms with E-state index in [1.165, 1.54) is 0 Å². The number of H-pyrrole nitrogens is 1. The molecule has 1 aliphatic heterocycles. The van der Waals surface area contributed by atoms with Crippen LogP contribution in [0, 0.1) is 0 Å². The molecule has 32 heavy (non-hydrogen) atoms. The molecule has 0 spiro atoms. The standard InChI is InChI=1S/C24H27N5O2S/c30-22(25-18-9-10-18)15-28-11-13-29(14-12-28)23(31)19-6-2-1-5-17(19)16-32-24-26-20-7-3-4-8-21(20)27-24/h1-8,18H,9-16H2,(H,25,30)(H,26,27). The van der Waals surface area contributed by atoms with Gasteiger partial charge in [0.1, 0.15) is 0 Å². The Bertz CT molecular complexity index is 1090. The Balaban J connectivity index is 1.18. The van der Waals surface area contributed by atoms with Crippen molar-refractivity contribution in [3.8, 4) is 0 Å². The van der Waals surface area contributed by atoms with Crippen LogP contribution in [0.2, 0.25) is 0 Å². The average molecular weight is 450 g/mol. The van der Waals surface area contributed by atoms with Gasteiger partial charge in [-0.1, -0.05) is 42.1 Å². The van der Waals surface area contributed by atoms with Crippen molar-refractivity contribution in [2.75, 3.05) is 32.7 Å². The van der Waals surface area contributed by atoms with Crippen molar-refractivity contribution in [3.05, 3.63) is 59.7 Å². The predicted molar refractivity (Wildman–Crippen MR) is 126 cm³/mol.